The van der Waals surface area contributed by atoms with E-state index >= 15 is 0 Å². The minimum absolute atomic E-state index is 0.0536. The number of aryl methyl sites for hydroxylation is 2. The van der Waals surface area contributed by atoms with Crippen LogP contribution in [0.4, 0.5) is 5.69 Å². The number of halogens is 1. The molecule has 0 N–H and O–H groups in total. The Labute approximate surface area is 153 Å². The van der Waals surface area contributed by atoms with Crippen molar-refractivity contribution >= 4 is 46.7 Å². The van der Waals surface area contributed by atoms with Crippen molar-refractivity contribution in [2.24, 2.45) is 0 Å². The van der Waals surface area contributed by atoms with Crippen LogP contribution in [0.5, 0.6) is 0 Å². The van der Waals surface area contributed by atoms with Crippen molar-refractivity contribution in [1.29, 1.82) is 0 Å². The maximum absolute atomic E-state index is 13.0. The van der Waals surface area contributed by atoms with Crippen LogP contribution in [0.2, 0.25) is 0 Å². The number of rotatable bonds is 7. The molecule has 1 aliphatic heterocycles. The molecule has 1 unspecified atom stereocenters. The molecule has 128 valence electrons. The molecule has 1 amide bonds. The summed E-state index contributed by atoms with van der Waals surface area (Å²) in [5, 5.41) is -0.443. The second-order valence-electron chi connectivity index (χ2n) is 5.63. The number of anilines is 1. The SMILES string of the molecule is CCc1cccc(CC)c1N(CC1SCCS1)C(=O)C(Cl)CC. The molecule has 2 rings (SSSR count). The summed E-state index contributed by atoms with van der Waals surface area (Å²) in [6.45, 7) is 7.02. The summed E-state index contributed by atoms with van der Waals surface area (Å²) in [5.41, 5.74) is 3.59. The summed E-state index contributed by atoms with van der Waals surface area (Å²) in [5.74, 6) is 2.40. The molecule has 1 saturated heterocycles. The Bertz CT molecular complexity index is 510. The summed E-state index contributed by atoms with van der Waals surface area (Å²) < 4.78 is 0.453. The topological polar surface area (TPSA) is 20.3 Å². The van der Waals surface area contributed by atoms with E-state index in [2.05, 4.69) is 32.0 Å². The number of para-hydroxylation sites is 1. The number of hydrogen-bond acceptors (Lipinski definition) is 3. The fraction of sp³-hybridized carbons (Fsp3) is 0.611. The molecular formula is C18H26ClNOS2. The van der Waals surface area contributed by atoms with Crippen molar-refractivity contribution in [1.82, 2.24) is 0 Å². The lowest BCUT2D eigenvalue weighted by atomic mass is 10.0. The third kappa shape index (κ3) is 4.61. The number of amides is 1. The van der Waals surface area contributed by atoms with Crippen LogP contribution in [0.15, 0.2) is 18.2 Å². The van der Waals surface area contributed by atoms with E-state index in [0.29, 0.717) is 11.0 Å². The van der Waals surface area contributed by atoms with E-state index < -0.39 is 5.38 Å². The highest BCUT2D eigenvalue weighted by Gasteiger charge is 2.29. The molecule has 1 atom stereocenters. The molecular weight excluding hydrogens is 346 g/mol. The number of nitrogens with zero attached hydrogens (tertiary/aromatic N) is 1. The Morgan fingerprint density at radius 1 is 1.22 bits per heavy atom. The van der Waals surface area contributed by atoms with E-state index in [-0.39, 0.29) is 5.91 Å². The minimum Gasteiger partial charge on any atom is -0.309 e. The summed E-state index contributed by atoms with van der Waals surface area (Å²) in [6, 6.07) is 6.37. The third-order valence-corrected chi connectivity index (χ3v) is 7.64. The first-order chi connectivity index (χ1) is 11.1. The van der Waals surface area contributed by atoms with Gasteiger partial charge in [0.1, 0.15) is 5.38 Å². The average molecular weight is 372 g/mol. The maximum Gasteiger partial charge on any atom is 0.245 e. The van der Waals surface area contributed by atoms with Gasteiger partial charge in [0.05, 0.1) is 10.3 Å². The predicted molar refractivity (Wildman–Crippen MR) is 106 cm³/mol. The Hall–Kier alpha value is -0.320. The maximum atomic E-state index is 13.0. The smallest absolute Gasteiger partial charge is 0.245 e. The van der Waals surface area contributed by atoms with Crippen LogP contribution in [0, 0.1) is 0 Å². The van der Waals surface area contributed by atoms with E-state index in [1.165, 1.54) is 22.6 Å². The Morgan fingerprint density at radius 3 is 2.26 bits per heavy atom. The zero-order valence-corrected chi connectivity index (χ0v) is 16.6. The van der Waals surface area contributed by atoms with Gasteiger partial charge in [-0.05, 0) is 30.4 Å². The first kappa shape index (κ1) is 19.0. The highest BCUT2D eigenvalue weighted by atomic mass is 35.5. The number of carbonyl (C=O) groups is 1. The molecule has 1 aliphatic rings. The Kier molecular flexibility index (Phi) is 7.64. The van der Waals surface area contributed by atoms with Gasteiger partial charge in [-0.3, -0.25) is 4.79 Å². The van der Waals surface area contributed by atoms with Gasteiger partial charge < -0.3 is 4.90 Å². The fourth-order valence-corrected chi connectivity index (χ4v) is 5.74. The molecule has 1 aromatic carbocycles. The van der Waals surface area contributed by atoms with Crippen LogP contribution in [-0.2, 0) is 17.6 Å². The van der Waals surface area contributed by atoms with E-state index in [4.69, 9.17) is 11.6 Å². The van der Waals surface area contributed by atoms with Gasteiger partial charge in [0.15, 0.2) is 0 Å². The lowest BCUT2D eigenvalue weighted by molar-refractivity contribution is -0.118. The molecule has 1 aromatic rings. The number of alkyl halides is 1. The standard InChI is InChI=1S/C18H26ClNOS2/c1-4-13-8-7-9-14(5-2)17(13)20(18(21)15(19)6-3)12-16-22-10-11-23-16/h7-9,15-16H,4-6,10-12H2,1-3H3. The lowest BCUT2D eigenvalue weighted by Crippen LogP contribution is -2.41. The molecule has 0 aliphatic carbocycles. The first-order valence-corrected chi connectivity index (χ1v) is 10.9. The monoisotopic (exact) mass is 371 g/mol. The van der Waals surface area contributed by atoms with Crippen molar-refractivity contribution in [2.75, 3.05) is 23.0 Å². The predicted octanol–water partition coefficient (Wildman–Crippen LogP) is 4.97. The zero-order chi connectivity index (χ0) is 16.8. The van der Waals surface area contributed by atoms with Crippen LogP contribution in [0.3, 0.4) is 0 Å². The van der Waals surface area contributed by atoms with Gasteiger partial charge in [-0.1, -0.05) is 39.0 Å². The van der Waals surface area contributed by atoms with Gasteiger partial charge in [0, 0.05) is 18.1 Å². The highest BCUT2D eigenvalue weighted by molar-refractivity contribution is 8.20. The third-order valence-electron chi connectivity index (χ3n) is 4.15. The van der Waals surface area contributed by atoms with Gasteiger partial charge in [0.25, 0.3) is 0 Å². The van der Waals surface area contributed by atoms with Crippen molar-refractivity contribution in [3.8, 4) is 0 Å². The molecule has 0 spiro atoms. The van der Waals surface area contributed by atoms with Gasteiger partial charge in [-0.15, -0.1) is 35.1 Å². The second kappa shape index (κ2) is 9.24. The number of carbonyl (C=O) groups excluding carboxylic acids is 1. The van der Waals surface area contributed by atoms with Crippen molar-refractivity contribution < 1.29 is 4.79 Å². The summed E-state index contributed by atoms with van der Waals surface area (Å²) in [4.78, 5) is 15.0. The molecule has 5 heteroatoms. The summed E-state index contributed by atoms with van der Waals surface area (Å²) in [7, 11) is 0. The summed E-state index contributed by atoms with van der Waals surface area (Å²) >= 11 is 10.2. The minimum atomic E-state index is -0.443. The van der Waals surface area contributed by atoms with Crippen LogP contribution in [0.1, 0.15) is 38.3 Å². The normalized spacial score (nSPS) is 16.5. The molecule has 23 heavy (non-hydrogen) atoms. The van der Waals surface area contributed by atoms with Gasteiger partial charge in [-0.25, -0.2) is 0 Å². The van der Waals surface area contributed by atoms with Crippen LogP contribution in [0.25, 0.3) is 0 Å². The molecule has 0 bridgehead atoms. The highest BCUT2D eigenvalue weighted by Crippen LogP contribution is 2.36. The molecule has 2 nitrogen and oxygen atoms in total. The quantitative estimate of drug-likeness (QED) is 0.631. The van der Waals surface area contributed by atoms with Gasteiger partial charge in [-0.2, -0.15) is 0 Å². The Balaban J connectivity index is 2.41. The van der Waals surface area contributed by atoms with E-state index in [0.717, 1.165) is 25.1 Å². The fourth-order valence-electron chi connectivity index (χ4n) is 2.86. The van der Waals surface area contributed by atoms with Crippen LogP contribution >= 0.6 is 35.1 Å². The van der Waals surface area contributed by atoms with Crippen molar-refractivity contribution in [2.45, 2.75) is 50.0 Å². The number of hydrogen-bond donors (Lipinski definition) is 0. The van der Waals surface area contributed by atoms with Crippen molar-refractivity contribution in [3.05, 3.63) is 29.3 Å². The number of benzene rings is 1. The number of thioether (sulfide) groups is 2. The first-order valence-electron chi connectivity index (χ1n) is 8.41. The second-order valence-corrected chi connectivity index (χ2v) is 9.07. The van der Waals surface area contributed by atoms with Crippen molar-refractivity contribution in [3.63, 3.8) is 0 Å². The van der Waals surface area contributed by atoms with Gasteiger partial charge in [0.2, 0.25) is 5.91 Å². The molecule has 0 radical (unpaired) electrons. The van der Waals surface area contributed by atoms with Gasteiger partial charge >= 0.3 is 0 Å². The molecule has 0 aromatic heterocycles. The average Bonchev–Trinajstić information content (AvgIpc) is 3.10. The molecule has 1 heterocycles. The molecule has 0 saturated carbocycles. The summed E-state index contributed by atoms with van der Waals surface area (Å²) in [6.07, 6.45) is 2.52. The van der Waals surface area contributed by atoms with E-state index in [1.807, 2.05) is 35.3 Å². The lowest BCUT2D eigenvalue weighted by Gasteiger charge is -2.30. The largest absolute Gasteiger partial charge is 0.309 e. The zero-order valence-electron chi connectivity index (χ0n) is 14.2. The van der Waals surface area contributed by atoms with E-state index in [9.17, 15) is 4.79 Å². The van der Waals surface area contributed by atoms with E-state index in [1.54, 1.807) is 0 Å². The van der Waals surface area contributed by atoms with Crippen LogP contribution in [-0.4, -0.2) is 33.9 Å². The molecule has 1 fully saturated rings. The Morgan fingerprint density at radius 2 is 1.78 bits per heavy atom. The van der Waals surface area contributed by atoms with Crippen LogP contribution < -0.4 is 4.90 Å².